The van der Waals surface area contributed by atoms with Gasteiger partial charge in [-0.2, -0.15) is 0 Å². The van der Waals surface area contributed by atoms with E-state index in [1.165, 1.54) is 12.1 Å². The Labute approximate surface area is 175 Å². The number of piperidine rings is 1. The van der Waals surface area contributed by atoms with Crippen molar-refractivity contribution in [2.75, 3.05) is 19.6 Å². The molecule has 3 atom stereocenters. The first kappa shape index (κ1) is 21.3. The number of rotatable bonds is 6. The summed E-state index contributed by atoms with van der Waals surface area (Å²) in [4.78, 5) is 15.6. The highest BCUT2D eigenvalue weighted by Gasteiger charge is 2.55. The minimum absolute atomic E-state index is 0. The summed E-state index contributed by atoms with van der Waals surface area (Å²) >= 11 is 0. The standard InChI is InChI=1S/C21H24FN3O3.ClH/c1-21(2,11-24-20(26)27)13-7-17(12-3-5-14(22)6-4-12)25-18(8-13)28-19-15-9-23-10-16(15)19;/h3-8,15-16,19,23-24H,9-11H2,1-2H3,(H,26,27);1H/t15-,16+,19?;. The van der Waals surface area contributed by atoms with Crippen LogP contribution < -0.4 is 15.4 Å². The van der Waals surface area contributed by atoms with E-state index in [9.17, 15) is 9.18 Å². The van der Waals surface area contributed by atoms with Gasteiger partial charge in [-0.05, 0) is 35.9 Å². The normalized spacial score (nSPS) is 22.4. The maximum Gasteiger partial charge on any atom is 0.404 e. The van der Waals surface area contributed by atoms with Crippen molar-refractivity contribution in [2.45, 2.75) is 25.4 Å². The number of halogens is 2. The number of nitrogens with one attached hydrogen (secondary N) is 2. The van der Waals surface area contributed by atoms with Crippen LogP contribution in [0.5, 0.6) is 5.88 Å². The van der Waals surface area contributed by atoms with Crippen LogP contribution in [0.25, 0.3) is 11.3 Å². The first-order chi connectivity index (χ1) is 13.3. The first-order valence-corrected chi connectivity index (χ1v) is 9.46. The van der Waals surface area contributed by atoms with Crippen molar-refractivity contribution in [3.05, 3.63) is 47.8 Å². The molecule has 1 unspecified atom stereocenters. The van der Waals surface area contributed by atoms with Gasteiger partial charge in [-0.15, -0.1) is 12.4 Å². The molecule has 0 radical (unpaired) electrons. The Morgan fingerprint density at radius 2 is 1.93 bits per heavy atom. The average Bonchev–Trinajstić information content (AvgIpc) is 3.08. The number of amides is 1. The van der Waals surface area contributed by atoms with E-state index in [-0.39, 0.29) is 30.9 Å². The molecule has 1 aliphatic heterocycles. The lowest BCUT2D eigenvalue weighted by Crippen LogP contribution is -2.36. The zero-order valence-electron chi connectivity index (χ0n) is 16.3. The van der Waals surface area contributed by atoms with Gasteiger partial charge in [0.15, 0.2) is 0 Å². The van der Waals surface area contributed by atoms with Crippen LogP contribution in [0.4, 0.5) is 9.18 Å². The van der Waals surface area contributed by atoms with Crippen molar-refractivity contribution in [1.82, 2.24) is 15.6 Å². The second-order valence-corrected chi connectivity index (χ2v) is 8.20. The lowest BCUT2D eigenvalue weighted by atomic mass is 9.84. The number of pyridine rings is 1. The summed E-state index contributed by atoms with van der Waals surface area (Å²) in [6.45, 7) is 6.12. The Balaban J connectivity index is 0.00000240. The van der Waals surface area contributed by atoms with Gasteiger partial charge in [0, 0.05) is 48.5 Å². The molecule has 1 amide bonds. The van der Waals surface area contributed by atoms with E-state index in [4.69, 9.17) is 9.84 Å². The maximum absolute atomic E-state index is 13.3. The van der Waals surface area contributed by atoms with Crippen molar-refractivity contribution in [3.8, 4) is 17.1 Å². The van der Waals surface area contributed by atoms with Gasteiger partial charge in [0.2, 0.25) is 5.88 Å². The predicted molar refractivity (Wildman–Crippen MR) is 110 cm³/mol. The first-order valence-electron chi connectivity index (χ1n) is 9.46. The van der Waals surface area contributed by atoms with Gasteiger partial charge in [-0.3, -0.25) is 0 Å². The van der Waals surface area contributed by atoms with Gasteiger partial charge in [0.1, 0.15) is 11.9 Å². The molecule has 8 heteroatoms. The number of benzene rings is 1. The Bertz CT molecular complexity index is 881. The average molecular weight is 422 g/mol. The molecule has 6 nitrogen and oxygen atoms in total. The number of carboxylic acid groups (broad SMARTS) is 1. The fraction of sp³-hybridized carbons (Fsp3) is 0.429. The smallest absolute Gasteiger partial charge is 0.404 e. The summed E-state index contributed by atoms with van der Waals surface area (Å²) < 4.78 is 19.5. The molecule has 1 aliphatic carbocycles. The monoisotopic (exact) mass is 421 g/mol. The van der Waals surface area contributed by atoms with Gasteiger partial charge in [0.25, 0.3) is 0 Å². The van der Waals surface area contributed by atoms with Gasteiger partial charge in [-0.1, -0.05) is 13.8 Å². The largest absolute Gasteiger partial charge is 0.474 e. The van der Waals surface area contributed by atoms with Gasteiger partial charge in [-0.25, -0.2) is 14.2 Å². The highest BCUT2D eigenvalue weighted by Crippen LogP contribution is 2.44. The predicted octanol–water partition coefficient (Wildman–Crippen LogP) is 3.45. The molecule has 3 N–H and O–H groups in total. The summed E-state index contributed by atoms with van der Waals surface area (Å²) in [5, 5.41) is 14.8. The third kappa shape index (κ3) is 4.62. The fourth-order valence-electron chi connectivity index (χ4n) is 3.80. The molecule has 2 fully saturated rings. The number of hydrogen-bond acceptors (Lipinski definition) is 4. The van der Waals surface area contributed by atoms with E-state index in [1.807, 2.05) is 26.0 Å². The molecule has 1 saturated heterocycles. The van der Waals surface area contributed by atoms with Gasteiger partial charge < -0.3 is 20.5 Å². The zero-order valence-corrected chi connectivity index (χ0v) is 17.1. The molecule has 0 bridgehead atoms. The van der Waals surface area contributed by atoms with E-state index in [0.717, 1.165) is 24.2 Å². The fourth-order valence-corrected chi connectivity index (χ4v) is 3.80. The van der Waals surface area contributed by atoms with Gasteiger partial charge in [0.05, 0.1) is 5.69 Å². The van der Waals surface area contributed by atoms with Crippen LogP contribution in [-0.2, 0) is 5.41 Å². The Morgan fingerprint density at radius 1 is 1.28 bits per heavy atom. The van der Waals surface area contributed by atoms with Crippen LogP contribution in [0.1, 0.15) is 19.4 Å². The molecular weight excluding hydrogens is 397 g/mol. The van der Waals surface area contributed by atoms with Gasteiger partial charge >= 0.3 is 6.09 Å². The number of carbonyl (C=O) groups is 1. The van der Waals surface area contributed by atoms with Crippen LogP contribution >= 0.6 is 12.4 Å². The van der Waals surface area contributed by atoms with E-state index in [2.05, 4.69) is 15.6 Å². The molecule has 2 aliphatic rings. The molecule has 0 spiro atoms. The number of nitrogens with zero attached hydrogens (tertiary/aromatic N) is 1. The van der Waals surface area contributed by atoms with E-state index in [0.29, 0.717) is 23.4 Å². The van der Waals surface area contributed by atoms with Crippen LogP contribution in [0.2, 0.25) is 0 Å². The van der Waals surface area contributed by atoms with Crippen molar-refractivity contribution in [2.24, 2.45) is 11.8 Å². The molecule has 2 heterocycles. The highest BCUT2D eigenvalue weighted by atomic mass is 35.5. The van der Waals surface area contributed by atoms with Crippen LogP contribution in [0, 0.1) is 17.7 Å². The number of aromatic nitrogens is 1. The minimum Gasteiger partial charge on any atom is -0.474 e. The summed E-state index contributed by atoms with van der Waals surface area (Å²) in [7, 11) is 0. The second kappa shape index (κ2) is 8.16. The highest BCUT2D eigenvalue weighted by molar-refractivity contribution is 5.85. The van der Waals surface area contributed by atoms with Crippen LogP contribution in [-0.4, -0.2) is 41.9 Å². The second-order valence-electron chi connectivity index (χ2n) is 8.20. The topological polar surface area (TPSA) is 83.5 Å². The molecule has 2 aromatic rings. The SMILES string of the molecule is CC(C)(CNC(=O)O)c1cc(OC2[C@H]3CNC[C@@H]23)nc(-c2ccc(F)cc2)c1.Cl. The molecule has 1 aromatic carbocycles. The molecule has 29 heavy (non-hydrogen) atoms. The van der Waals surface area contributed by atoms with Crippen molar-refractivity contribution in [3.63, 3.8) is 0 Å². The third-order valence-electron chi connectivity index (χ3n) is 5.67. The maximum atomic E-state index is 13.3. The molecule has 156 valence electrons. The third-order valence-corrected chi connectivity index (χ3v) is 5.67. The molecule has 1 aromatic heterocycles. The summed E-state index contributed by atoms with van der Waals surface area (Å²) in [6.07, 6.45) is -0.888. The Hall–Kier alpha value is -2.38. The van der Waals surface area contributed by atoms with Crippen LogP contribution in [0.15, 0.2) is 36.4 Å². The minimum atomic E-state index is -1.06. The van der Waals surface area contributed by atoms with Crippen molar-refractivity contribution in [1.29, 1.82) is 0 Å². The van der Waals surface area contributed by atoms with Crippen LogP contribution in [0.3, 0.4) is 0 Å². The summed E-state index contributed by atoms with van der Waals surface area (Å²) in [6, 6.07) is 9.97. The lowest BCUT2D eigenvalue weighted by molar-refractivity contribution is 0.192. The van der Waals surface area contributed by atoms with E-state index in [1.54, 1.807) is 12.1 Å². The van der Waals surface area contributed by atoms with E-state index >= 15 is 0 Å². The van der Waals surface area contributed by atoms with Crippen molar-refractivity contribution < 1.29 is 19.0 Å². The molecule has 1 saturated carbocycles. The molecular formula is C21H25ClFN3O3. The molecule has 4 rings (SSSR count). The lowest BCUT2D eigenvalue weighted by Gasteiger charge is -2.26. The number of ether oxygens (including phenoxy) is 1. The summed E-state index contributed by atoms with van der Waals surface area (Å²) in [5.41, 5.74) is 1.91. The summed E-state index contributed by atoms with van der Waals surface area (Å²) in [5.74, 6) is 1.28. The van der Waals surface area contributed by atoms with Crippen molar-refractivity contribution >= 4 is 18.5 Å². The zero-order chi connectivity index (χ0) is 19.9. The Kier molecular flexibility index (Phi) is 6.00. The van der Waals surface area contributed by atoms with E-state index < -0.39 is 11.5 Å². The number of hydrogen-bond donors (Lipinski definition) is 3. The Morgan fingerprint density at radius 3 is 2.55 bits per heavy atom. The quantitative estimate of drug-likeness (QED) is 0.665. The number of fused-ring (bicyclic) bond motifs is 1.